The molecule has 21 heavy (non-hydrogen) atoms. The molecule has 0 amide bonds. The van der Waals surface area contributed by atoms with E-state index in [4.69, 9.17) is 10.3 Å². The summed E-state index contributed by atoms with van der Waals surface area (Å²) >= 11 is 0. The summed E-state index contributed by atoms with van der Waals surface area (Å²) in [7, 11) is 0. The zero-order valence-corrected chi connectivity index (χ0v) is 11.3. The predicted molar refractivity (Wildman–Crippen MR) is 66.5 cm³/mol. The van der Waals surface area contributed by atoms with Crippen molar-refractivity contribution in [3.05, 3.63) is 35.4 Å². The second-order valence-electron chi connectivity index (χ2n) is 4.89. The topological polar surface area (TPSA) is 64.9 Å². The van der Waals surface area contributed by atoms with E-state index in [-0.39, 0.29) is 17.6 Å². The minimum absolute atomic E-state index is 0.00167. The third kappa shape index (κ3) is 3.05. The zero-order chi connectivity index (χ0) is 15.8. The van der Waals surface area contributed by atoms with Gasteiger partial charge in [-0.3, -0.25) is 0 Å². The molecule has 2 N–H and O–H groups in total. The fraction of sp³-hybridized carbons (Fsp3) is 0.385. The highest BCUT2D eigenvalue weighted by molar-refractivity contribution is 5.56. The molecule has 1 unspecified atom stereocenters. The first kappa shape index (κ1) is 15.4. The Kier molecular flexibility index (Phi) is 3.99. The first-order valence-electron chi connectivity index (χ1n) is 6.17. The monoisotopic (exact) mass is 303 g/mol. The number of rotatable bonds is 3. The Morgan fingerprint density at radius 1 is 1.24 bits per heavy atom. The highest BCUT2D eigenvalue weighted by atomic mass is 19.4. The number of hydrogen-bond donors (Lipinski definition) is 1. The molecule has 0 spiro atoms. The van der Waals surface area contributed by atoms with Crippen molar-refractivity contribution in [1.29, 1.82) is 0 Å². The fourth-order valence-corrected chi connectivity index (χ4v) is 1.69. The Morgan fingerprint density at radius 3 is 2.48 bits per heavy atom. The van der Waals surface area contributed by atoms with E-state index in [0.29, 0.717) is 6.07 Å². The van der Waals surface area contributed by atoms with Crippen LogP contribution in [-0.2, 0) is 6.18 Å². The SMILES string of the molecule is CC(C)C(N)c1noc(-c2cccc(C(F)(F)F)c2F)n1. The van der Waals surface area contributed by atoms with Crippen molar-refractivity contribution in [3.8, 4) is 11.5 Å². The van der Waals surface area contributed by atoms with E-state index < -0.39 is 29.2 Å². The Hall–Kier alpha value is -1.96. The maximum atomic E-state index is 13.9. The Morgan fingerprint density at radius 2 is 1.90 bits per heavy atom. The van der Waals surface area contributed by atoms with E-state index in [9.17, 15) is 17.6 Å². The second-order valence-corrected chi connectivity index (χ2v) is 4.89. The van der Waals surface area contributed by atoms with Gasteiger partial charge in [0.15, 0.2) is 5.82 Å². The molecule has 0 aliphatic rings. The number of aromatic nitrogens is 2. The van der Waals surface area contributed by atoms with Gasteiger partial charge in [0.1, 0.15) is 5.82 Å². The summed E-state index contributed by atoms with van der Waals surface area (Å²) in [4.78, 5) is 3.88. The molecule has 0 aliphatic carbocycles. The number of alkyl halides is 3. The van der Waals surface area contributed by atoms with Crippen LogP contribution in [0.2, 0.25) is 0 Å². The molecule has 4 nitrogen and oxygen atoms in total. The van der Waals surface area contributed by atoms with Gasteiger partial charge < -0.3 is 10.3 Å². The molecule has 114 valence electrons. The van der Waals surface area contributed by atoms with Gasteiger partial charge in [-0.2, -0.15) is 18.2 Å². The molecule has 2 rings (SSSR count). The molecule has 1 atom stereocenters. The van der Waals surface area contributed by atoms with Crippen molar-refractivity contribution in [1.82, 2.24) is 10.1 Å². The number of nitrogens with two attached hydrogens (primary N) is 1. The maximum absolute atomic E-state index is 13.9. The third-order valence-electron chi connectivity index (χ3n) is 2.99. The first-order valence-corrected chi connectivity index (χ1v) is 6.17. The summed E-state index contributed by atoms with van der Waals surface area (Å²) in [6.45, 7) is 3.65. The average Bonchev–Trinajstić information content (AvgIpc) is 2.85. The number of halogens is 4. The van der Waals surface area contributed by atoms with Crippen molar-refractivity contribution in [2.45, 2.75) is 26.1 Å². The smallest absolute Gasteiger partial charge is 0.334 e. The quantitative estimate of drug-likeness (QED) is 0.881. The predicted octanol–water partition coefficient (Wildman–Crippen LogP) is 3.55. The van der Waals surface area contributed by atoms with Crippen LogP contribution in [0.3, 0.4) is 0 Å². The lowest BCUT2D eigenvalue weighted by molar-refractivity contribution is -0.139. The van der Waals surface area contributed by atoms with Gasteiger partial charge in [0.2, 0.25) is 0 Å². The molecule has 8 heteroatoms. The number of hydrogen-bond acceptors (Lipinski definition) is 4. The normalized spacial score (nSPS) is 13.7. The van der Waals surface area contributed by atoms with Crippen LogP contribution in [-0.4, -0.2) is 10.1 Å². The van der Waals surface area contributed by atoms with Crippen LogP contribution in [0.25, 0.3) is 11.5 Å². The minimum Gasteiger partial charge on any atom is -0.334 e. The van der Waals surface area contributed by atoms with Crippen molar-refractivity contribution < 1.29 is 22.1 Å². The van der Waals surface area contributed by atoms with Gasteiger partial charge in [0.05, 0.1) is 17.2 Å². The molecule has 1 heterocycles. The lowest BCUT2D eigenvalue weighted by Gasteiger charge is -2.10. The van der Waals surface area contributed by atoms with Crippen LogP contribution in [0.5, 0.6) is 0 Å². The Balaban J connectivity index is 2.44. The second kappa shape index (κ2) is 5.44. The lowest BCUT2D eigenvalue weighted by atomic mass is 10.1. The zero-order valence-electron chi connectivity index (χ0n) is 11.3. The van der Waals surface area contributed by atoms with Crippen LogP contribution < -0.4 is 5.73 Å². The van der Waals surface area contributed by atoms with Gasteiger partial charge in [0.25, 0.3) is 5.89 Å². The number of nitrogens with zero attached hydrogens (tertiary/aromatic N) is 2. The Bertz CT molecular complexity index is 637. The average molecular weight is 303 g/mol. The molecular formula is C13H13F4N3O. The summed E-state index contributed by atoms with van der Waals surface area (Å²) < 4.78 is 56.7. The highest BCUT2D eigenvalue weighted by Gasteiger charge is 2.35. The van der Waals surface area contributed by atoms with Crippen molar-refractivity contribution in [3.63, 3.8) is 0 Å². The van der Waals surface area contributed by atoms with E-state index in [1.807, 2.05) is 13.8 Å². The summed E-state index contributed by atoms with van der Waals surface area (Å²) in [5, 5.41) is 3.59. The van der Waals surface area contributed by atoms with Gasteiger partial charge in [-0.1, -0.05) is 25.1 Å². The van der Waals surface area contributed by atoms with Gasteiger partial charge in [-0.15, -0.1) is 0 Å². The van der Waals surface area contributed by atoms with Crippen molar-refractivity contribution >= 4 is 0 Å². The number of benzene rings is 1. The molecule has 0 fully saturated rings. The van der Waals surface area contributed by atoms with Gasteiger partial charge in [0, 0.05) is 0 Å². The van der Waals surface area contributed by atoms with Crippen LogP contribution in [0.4, 0.5) is 17.6 Å². The third-order valence-corrected chi connectivity index (χ3v) is 2.99. The minimum atomic E-state index is -4.79. The molecule has 1 aromatic carbocycles. The highest BCUT2D eigenvalue weighted by Crippen LogP contribution is 2.35. The summed E-state index contributed by atoms with van der Waals surface area (Å²) in [6.07, 6.45) is -4.79. The maximum Gasteiger partial charge on any atom is 0.419 e. The molecule has 0 saturated heterocycles. The molecular weight excluding hydrogens is 290 g/mol. The molecule has 0 saturated carbocycles. The van der Waals surface area contributed by atoms with Crippen LogP contribution in [0, 0.1) is 11.7 Å². The summed E-state index contributed by atoms with van der Waals surface area (Å²) in [6, 6.07) is 2.32. The lowest BCUT2D eigenvalue weighted by Crippen LogP contribution is -2.18. The van der Waals surface area contributed by atoms with Gasteiger partial charge in [-0.25, -0.2) is 4.39 Å². The Labute approximate surface area is 118 Å². The van der Waals surface area contributed by atoms with Crippen LogP contribution in [0.15, 0.2) is 22.7 Å². The molecule has 1 aromatic heterocycles. The summed E-state index contributed by atoms with van der Waals surface area (Å²) in [5.74, 6) is -1.65. The first-order chi connectivity index (χ1) is 9.71. The van der Waals surface area contributed by atoms with Gasteiger partial charge >= 0.3 is 6.18 Å². The fourth-order valence-electron chi connectivity index (χ4n) is 1.69. The largest absolute Gasteiger partial charge is 0.419 e. The van der Waals surface area contributed by atoms with Crippen LogP contribution in [0.1, 0.15) is 31.3 Å². The van der Waals surface area contributed by atoms with E-state index in [1.54, 1.807) is 0 Å². The van der Waals surface area contributed by atoms with E-state index in [0.717, 1.165) is 12.1 Å². The van der Waals surface area contributed by atoms with Crippen LogP contribution >= 0.6 is 0 Å². The van der Waals surface area contributed by atoms with Gasteiger partial charge in [-0.05, 0) is 18.1 Å². The van der Waals surface area contributed by atoms with Crippen molar-refractivity contribution in [2.24, 2.45) is 11.7 Å². The molecule has 2 aromatic rings. The van der Waals surface area contributed by atoms with E-state index in [1.165, 1.54) is 0 Å². The molecule has 0 radical (unpaired) electrons. The van der Waals surface area contributed by atoms with Crippen molar-refractivity contribution in [2.75, 3.05) is 0 Å². The molecule has 0 aliphatic heterocycles. The summed E-state index contributed by atoms with van der Waals surface area (Å²) in [5.41, 5.74) is 4.02. The standard InChI is InChI=1S/C13H13F4N3O/c1-6(2)10(18)11-19-12(21-20-11)7-4-3-5-8(9(7)14)13(15,16)17/h3-6,10H,18H2,1-2H3. The van der Waals surface area contributed by atoms with E-state index in [2.05, 4.69) is 10.1 Å². The molecule has 0 bridgehead atoms. The van der Waals surface area contributed by atoms with E-state index >= 15 is 0 Å².